The monoisotopic (exact) mass is 534 g/mol. The predicted molar refractivity (Wildman–Crippen MR) is 141 cm³/mol. The van der Waals surface area contributed by atoms with E-state index in [1.165, 1.54) is 0 Å². The predicted octanol–water partition coefficient (Wildman–Crippen LogP) is 1.57. The van der Waals surface area contributed by atoms with Gasteiger partial charge in [-0.3, -0.25) is 19.6 Å². The molecule has 3 heterocycles. The normalized spacial score (nSPS) is 20.3. The first kappa shape index (κ1) is 24.9. The number of imide groups is 1. The van der Waals surface area contributed by atoms with Crippen LogP contribution in [0.25, 0.3) is 0 Å². The minimum Gasteiger partial charge on any atom is -0.394 e. The average molecular weight is 535 g/mol. The molecule has 1 unspecified atom stereocenters. The molecule has 39 heavy (non-hydrogen) atoms. The Balaban J connectivity index is 1.27. The quantitative estimate of drug-likeness (QED) is 0.275. The number of carbonyl (C=O) groups excluding carboxylic acids is 2. The first-order valence-corrected chi connectivity index (χ1v) is 12.8. The van der Waals surface area contributed by atoms with E-state index in [1.807, 2.05) is 6.07 Å². The third kappa shape index (κ3) is 4.67. The summed E-state index contributed by atoms with van der Waals surface area (Å²) in [5.74, 6) is -0.0101. The summed E-state index contributed by atoms with van der Waals surface area (Å²) in [5.41, 5.74) is 1.25. The molecule has 3 aliphatic rings. The zero-order valence-corrected chi connectivity index (χ0v) is 20.9. The van der Waals surface area contributed by atoms with Gasteiger partial charge < -0.3 is 20.6 Å². The van der Waals surface area contributed by atoms with Crippen molar-refractivity contribution in [2.24, 2.45) is 5.92 Å². The second-order valence-corrected chi connectivity index (χ2v) is 10.2. The molecule has 0 spiro atoms. The van der Waals surface area contributed by atoms with Gasteiger partial charge in [-0.1, -0.05) is 30.3 Å². The molecule has 5 N–H and O–H groups in total. The Kier molecular flexibility index (Phi) is 6.18. The standard InChI is InChI=1S/C27H27FN6O5/c28-21-16(10-14-4-5-14)2-1-3-17(21)12-33-20(30-22-23(33)31-26(38)32-24(22)36)11-15-6-8-18(9-7-15)34-25(37)19(13-35)29-27(34)39/h1-3,6-9,14,19-20,30,35H,4-5,10-13H2,(H,29,39)(H2,31,32,36,38)/t19-,20?/m0/s1. The Morgan fingerprint density at radius 3 is 2.36 bits per heavy atom. The van der Waals surface area contributed by atoms with E-state index >= 15 is 4.39 Å². The van der Waals surface area contributed by atoms with Crippen molar-refractivity contribution < 1.29 is 19.1 Å². The van der Waals surface area contributed by atoms with E-state index in [9.17, 15) is 24.3 Å². The number of nitrogens with one attached hydrogen (secondary N) is 4. The van der Waals surface area contributed by atoms with Crippen molar-refractivity contribution in [3.63, 3.8) is 0 Å². The van der Waals surface area contributed by atoms with Gasteiger partial charge in [0.1, 0.15) is 29.5 Å². The number of benzene rings is 2. The van der Waals surface area contributed by atoms with Crippen molar-refractivity contribution in [1.29, 1.82) is 0 Å². The molecule has 2 fully saturated rings. The fraction of sp³-hybridized carbons (Fsp3) is 0.333. The summed E-state index contributed by atoms with van der Waals surface area (Å²) < 4.78 is 15.4. The zero-order chi connectivity index (χ0) is 27.3. The summed E-state index contributed by atoms with van der Waals surface area (Å²) in [6.45, 7) is -0.369. The SMILES string of the molecule is O=C1N[C@@H](CO)C(=O)N1c1ccc(CC2Nc3c([nH]c(=O)[nH]c3=O)N2Cc2cccc(CC3CC3)c2F)cc1. The van der Waals surface area contributed by atoms with Crippen LogP contribution < -0.4 is 31.7 Å². The number of urea groups is 1. The lowest BCUT2D eigenvalue weighted by molar-refractivity contribution is -0.119. The summed E-state index contributed by atoms with van der Waals surface area (Å²) >= 11 is 0. The number of amides is 3. The molecular weight excluding hydrogens is 507 g/mol. The third-order valence-electron chi connectivity index (χ3n) is 7.43. The maximum absolute atomic E-state index is 15.4. The summed E-state index contributed by atoms with van der Waals surface area (Å²) in [7, 11) is 0. The lowest BCUT2D eigenvalue weighted by Crippen LogP contribution is -2.38. The summed E-state index contributed by atoms with van der Waals surface area (Å²) in [6.07, 6.45) is 2.77. The maximum atomic E-state index is 15.4. The van der Waals surface area contributed by atoms with Gasteiger partial charge in [-0.15, -0.1) is 0 Å². The number of anilines is 3. The number of carbonyl (C=O) groups is 2. The number of hydrogen-bond acceptors (Lipinski definition) is 7. The number of aliphatic hydroxyl groups is 1. The van der Waals surface area contributed by atoms with E-state index in [-0.39, 0.29) is 23.9 Å². The second kappa shape index (κ2) is 9.70. The molecule has 2 aliphatic heterocycles. The topological polar surface area (TPSA) is 151 Å². The fourth-order valence-corrected chi connectivity index (χ4v) is 5.21. The first-order chi connectivity index (χ1) is 18.8. The Hall–Kier alpha value is -4.45. The number of aromatic amines is 2. The van der Waals surface area contributed by atoms with Crippen molar-refractivity contribution in [2.45, 2.75) is 44.4 Å². The van der Waals surface area contributed by atoms with Crippen LogP contribution in [0.5, 0.6) is 0 Å². The van der Waals surface area contributed by atoms with Gasteiger partial charge in [0.2, 0.25) is 0 Å². The Morgan fingerprint density at radius 1 is 0.923 bits per heavy atom. The van der Waals surface area contributed by atoms with E-state index in [0.29, 0.717) is 35.6 Å². The molecule has 11 nitrogen and oxygen atoms in total. The fourth-order valence-electron chi connectivity index (χ4n) is 5.21. The van der Waals surface area contributed by atoms with Crippen molar-refractivity contribution in [3.8, 4) is 0 Å². The van der Waals surface area contributed by atoms with Gasteiger partial charge in [0.25, 0.3) is 11.5 Å². The molecule has 3 aromatic rings. The molecule has 202 valence electrons. The van der Waals surface area contributed by atoms with Gasteiger partial charge in [-0.05, 0) is 48.4 Å². The molecule has 12 heteroatoms. The van der Waals surface area contributed by atoms with Gasteiger partial charge in [0.05, 0.1) is 12.3 Å². The van der Waals surface area contributed by atoms with Crippen LogP contribution in [0.1, 0.15) is 29.5 Å². The third-order valence-corrected chi connectivity index (χ3v) is 7.43. The number of aromatic nitrogens is 2. The molecular formula is C27H27FN6O5. The molecule has 1 aliphatic carbocycles. The summed E-state index contributed by atoms with van der Waals surface area (Å²) in [4.78, 5) is 56.9. The molecule has 2 atom stereocenters. The molecule has 1 aromatic heterocycles. The minimum atomic E-state index is -0.977. The molecule has 3 amide bonds. The Bertz CT molecular complexity index is 1560. The number of fused-ring (bicyclic) bond motifs is 1. The number of nitrogens with zero attached hydrogens (tertiary/aromatic N) is 2. The van der Waals surface area contributed by atoms with Crippen molar-refractivity contribution in [1.82, 2.24) is 15.3 Å². The molecule has 2 aromatic carbocycles. The van der Waals surface area contributed by atoms with Gasteiger partial charge >= 0.3 is 11.7 Å². The summed E-state index contributed by atoms with van der Waals surface area (Å²) in [5, 5.41) is 14.9. The highest BCUT2D eigenvalue weighted by Crippen LogP contribution is 2.35. The number of halogens is 1. The van der Waals surface area contributed by atoms with Crippen LogP contribution >= 0.6 is 0 Å². The van der Waals surface area contributed by atoms with Gasteiger partial charge in [-0.2, -0.15) is 0 Å². The number of aliphatic hydroxyl groups excluding tert-OH is 1. The molecule has 1 saturated heterocycles. The van der Waals surface area contributed by atoms with E-state index < -0.39 is 42.0 Å². The van der Waals surface area contributed by atoms with Crippen LogP contribution in [-0.2, 0) is 24.2 Å². The smallest absolute Gasteiger partial charge is 0.329 e. The highest BCUT2D eigenvalue weighted by atomic mass is 19.1. The minimum absolute atomic E-state index is 0.123. The average Bonchev–Trinajstić information content (AvgIpc) is 3.60. The van der Waals surface area contributed by atoms with Crippen LogP contribution in [0, 0.1) is 11.7 Å². The van der Waals surface area contributed by atoms with Crippen molar-refractivity contribution >= 4 is 29.1 Å². The first-order valence-electron chi connectivity index (χ1n) is 12.8. The van der Waals surface area contributed by atoms with Crippen LogP contribution in [0.15, 0.2) is 52.1 Å². The van der Waals surface area contributed by atoms with Crippen LogP contribution in [0.2, 0.25) is 0 Å². The number of rotatable bonds is 8. The summed E-state index contributed by atoms with van der Waals surface area (Å²) in [6, 6.07) is 10.5. The Morgan fingerprint density at radius 2 is 1.67 bits per heavy atom. The van der Waals surface area contributed by atoms with Gasteiger partial charge in [-0.25, -0.2) is 18.9 Å². The van der Waals surface area contributed by atoms with Crippen molar-refractivity contribution in [2.75, 3.05) is 21.7 Å². The van der Waals surface area contributed by atoms with Crippen LogP contribution in [0.3, 0.4) is 0 Å². The Labute approximate surface area is 221 Å². The number of hydrogen-bond donors (Lipinski definition) is 5. The highest BCUT2D eigenvalue weighted by Gasteiger charge is 2.39. The number of H-pyrrole nitrogens is 2. The van der Waals surface area contributed by atoms with E-state index in [4.69, 9.17) is 0 Å². The lowest BCUT2D eigenvalue weighted by Gasteiger charge is -2.27. The van der Waals surface area contributed by atoms with E-state index in [0.717, 1.165) is 23.3 Å². The molecule has 6 rings (SSSR count). The second-order valence-electron chi connectivity index (χ2n) is 10.2. The molecule has 1 saturated carbocycles. The van der Waals surface area contributed by atoms with Crippen molar-refractivity contribution in [3.05, 3.63) is 85.8 Å². The van der Waals surface area contributed by atoms with Gasteiger partial charge in [0, 0.05) is 18.5 Å². The largest absolute Gasteiger partial charge is 0.394 e. The highest BCUT2D eigenvalue weighted by molar-refractivity contribution is 6.21. The molecule has 0 bridgehead atoms. The van der Waals surface area contributed by atoms with Gasteiger partial charge in [0.15, 0.2) is 0 Å². The molecule has 0 radical (unpaired) electrons. The van der Waals surface area contributed by atoms with Crippen LogP contribution in [0.4, 0.5) is 26.4 Å². The zero-order valence-electron chi connectivity index (χ0n) is 20.9. The lowest BCUT2D eigenvalue weighted by atomic mass is 10.0. The van der Waals surface area contributed by atoms with E-state index in [2.05, 4.69) is 20.6 Å². The van der Waals surface area contributed by atoms with Crippen LogP contribution in [-0.4, -0.2) is 45.8 Å². The maximum Gasteiger partial charge on any atom is 0.329 e. The van der Waals surface area contributed by atoms with E-state index in [1.54, 1.807) is 41.3 Å².